The molecule has 2 bridgehead atoms. The summed E-state index contributed by atoms with van der Waals surface area (Å²) in [6, 6.07) is 5.72. The van der Waals surface area contributed by atoms with Gasteiger partial charge in [0.2, 0.25) is 0 Å². The predicted molar refractivity (Wildman–Crippen MR) is 174 cm³/mol. The maximum Gasteiger partial charge on any atom is 0.319 e. The molecule has 0 aliphatic carbocycles. The van der Waals surface area contributed by atoms with Gasteiger partial charge in [0.15, 0.2) is 5.82 Å². The van der Waals surface area contributed by atoms with Crippen LogP contribution in [0.5, 0.6) is 6.01 Å². The lowest BCUT2D eigenvalue weighted by molar-refractivity contribution is 0.107. The molecule has 4 atom stereocenters. The zero-order valence-corrected chi connectivity index (χ0v) is 27.0. The number of fused-ring (bicyclic) bond motifs is 5. The molecule has 0 unspecified atom stereocenters. The van der Waals surface area contributed by atoms with Crippen molar-refractivity contribution in [2.75, 3.05) is 43.4 Å². The van der Waals surface area contributed by atoms with Crippen molar-refractivity contribution in [2.24, 2.45) is 0 Å². The number of piperazine rings is 1. The predicted octanol–water partition coefficient (Wildman–Crippen LogP) is 6.94. The van der Waals surface area contributed by atoms with E-state index in [2.05, 4.69) is 15.2 Å². The monoisotopic (exact) mass is 701 g/mol. The van der Waals surface area contributed by atoms with E-state index < -0.39 is 35.0 Å². The molecule has 8 rings (SSSR count). The molecule has 8 nitrogen and oxygen atoms in total. The van der Waals surface area contributed by atoms with E-state index in [4.69, 9.17) is 27.1 Å². The zero-order chi connectivity index (χ0) is 33.5. The molecule has 0 spiro atoms. The fourth-order valence-corrected chi connectivity index (χ4v) is 9.56. The van der Waals surface area contributed by atoms with Crippen molar-refractivity contribution in [1.82, 2.24) is 20.2 Å². The van der Waals surface area contributed by atoms with Crippen LogP contribution in [0.4, 0.5) is 32.8 Å². The first-order valence-electron chi connectivity index (χ1n) is 15.7. The van der Waals surface area contributed by atoms with Crippen LogP contribution in [-0.4, -0.2) is 70.9 Å². The van der Waals surface area contributed by atoms with Crippen molar-refractivity contribution in [3.05, 3.63) is 52.6 Å². The lowest BCUT2D eigenvalue weighted by Crippen LogP contribution is -2.59. The molecule has 0 saturated carbocycles. The summed E-state index contributed by atoms with van der Waals surface area (Å²) in [5.41, 5.74) is 4.39. The van der Waals surface area contributed by atoms with Crippen LogP contribution in [0.1, 0.15) is 37.7 Å². The smallest absolute Gasteiger partial charge is 0.319 e. The highest BCUT2D eigenvalue weighted by Gasteiger charge is 2.50. The summed E-state index contributed by atoms with van der Waals surface area (Å²) >= 11 is 7.69. The van der Waals surface area contributed by atoms with Gasteiger partial charge >= 0.3 is 6.01 Å². The molecule has 6 heterocycles. The number of ether oxygens (including phenoxy) is 1. The second-order valence-corrected chi connectivity index (χ2v) is 14.7. The summed E-state index contributed by atoms with van der Waals surface area (Å²) in [6.45, 7) is 1.67. The number of alkyl halides is 1. The molecule has 48 heavy (non-hydrogen) atoms. The van der Waals surface area contributed by atoms with Gasteiger partial charge in [-0.2, -0.15) is 24.0 Å². The van der Waals surface area contributed by atoms with E-state index in [1.54, 1.807) is 0 Å². The SMILES string of the molecule is N#Cc1c(N)sc2c(F)ccc(-c3c(Cl)cc4c(N5C[C@H]6CC[C@@](C=C(F)F)(C5)N6)nc(OC[C@@]56CCCN5C[C@H](F)C6)nc4c3F)c12. The minimum atomic E-state index is -1.81. The molecular formula is C33H29ClF5N7OS. The Morgan fingerprint density at radius 2 is 2.08 bits per heavy atom. The molecule has 250 valence electrons. The van der Waals surface area contributed by atoms with Crippen LogP contribution in [0.2, 0.25) is 5.02 Å². The number of nitrogen functional groups attached to an aromatic ring is 1. The van der Waals surface area contributed by atoms with Crippen molar-refractivity contribution in [3.8, 4) is 23.2 Å². The Morgan fingerprint density at radius 3 is 2.88 bits per heavy atom. The largest absolute Gasteiger partial charge is 0.461 e. The molecule has 4 aromatic rings. The number of nitriles is 1. The number of anilines is 2. The third-order valence-corrected chi connectivity index (χ3v) is 11.6. The van der Waals surface area contributed by atoms with E-state index in [1.807, 2.05) is 11.0 Å². The quantitative estimate of drug-likeness (QED) is 0.209. The summed E-state index contributed by atoms with van der Waals surface area (Å²) in [6.07, 6.45) is 1.19. The van der Waals surface area contributed by atoms with Gasteiger partial charge in [-0.15, -0.1) is 11.3 Å². The van der Waals surface area contributed by atoms with Crippen LogP contribution in [0.15, 0.2) is 30.4 Å². The summed E-state index contributed by atoms with van der Waals surface area (Å²) in [4.78, 5) is 13.1. The number of rotatable bonds is 6. The second kappa shape index (κ2) is 11.4. The van der Waals surface area contributed by atoms with Gasteiger partial charge < -0.3 is 20.7 Å². The number of thiophene rings is 1. The molecule has 4 fully saturated rings. The number of nitrogens with zero attached hydrogens (tertiary/aromatic N) is 5. The molecule has 15 heteroatoms. The van der Waals surface area contributed by atoms with Crippen LogP contribution < -0.4 is 20.7 Å². The minimum absolute atomic E-state index is 0.00491. The number of nitrogens with two attached hydrogens (primary N) is 1. The number of benzene rings is 2. The van der Waals surface area contributed by atoms with E-state index in [9.17, 15) is 22.8 Å². The third kappa shape index (κ3) is 4.97. The van der Waals surface area contributed by atoms with Crippen molar-refractivity contribution in [2.45, 2.75) is 55.4 Å². The summed E-state index contributed by atoms with van der Waals surface area (Å²) in [5.74, 6) is -1.22. The molecule has 4 saturated heterocycles. The Bertz CT molecular complexity index is 2070. The highest BCUT2D eigenvalue weighted by molar-refractivity contribution is 7.23. The summed E-state index contributed by atoms with van der Waals surface area (Å²) in [7, 11) is 0. The molecule has 0 amide bonds. The van der Waals surface area contributed by atoms with Gasteiger partial charge in [0.25, 0.3) is 6.08 Å². The fourth-order valence-electron chi connectivity index (χ4n) is 8.31. The molecule has 4 aliphatic heterocycles. The topological polar surface area (TPSA) is 103 Å². The number of hydrogen-bond acceptors (Lipinski definition) is 9. The lowest BCUT2D eigenvalue weighted by Gasteiger charge is -2.40. The Kier molecular flexibility index (Phi) is 7.48. The Morgan fingerprint density at radius 1 is 1.25 bits per heavy atom. The first-order chi connectivity index (χ1) is 23.0. The van der Waals surface area contributed by atoms with Crippen LogP contribution >= 0.6 is 22.9 Å². The molecule has 4 aliphatic rings. The maximum absolute atomic E-state index is 17.0. The van der Waals surface area contributed by atoms with Crippen molar-refractivity contribution in [3.63, 3.8) is 0 Å². The lowest BCUT2D eigenvalue weighted by atomic mass is 9.95. The van der Waals surface area contributed by atoms with Crippen molar-refractivity contribution in [1.29, 1.82) is 5.26 Å². The van der Waals surface area contributed by atoms with E-state index in [1.165, 1.54) is 12.1 Å². The Hall–Kier alpha value is -3.77. The van der Waals surface area contributed by atoms with Crippen molar-refractivity contribution >= 4 is 54.7 Å². The van der Waals surface area contributed by atoms with Gasteiger partial charge in [-0.3, -0.25) is 4.90 Å². The minimum Gasteiger partial charge on any atom is -0.461 e. The normalized spacial score (nSPS) is 26.7. The number of nitrogens with one attached hydrogen (secondary N) is 1. The van der Waals surface area contributed by atoms with Crippen LogP contribution in [0, 0.1) is 23.0 Å². The zero-order valence-electron chi connectivity index (χ0n) is 25.4. The highest BCUT2D eigenvalue weighted by atomic mass is 35.5. The van der Waals surface area contributed by atoms with Gasteiger partial charge in [-0.05, 0) is 49.9 Å². The van der Waals surface area contributed by atoms with Gasteiger partial charge in [-0.1, -0.05) is 17.7 Å². The van der Waals surface area contributed by atoms with E-state index in [0.29, 0.717) is 32.4 Å². The van der Waals surface area contributed by atoms with Gasteiger partial charge in [0, 0.05) is 54.5 Å². The summed E-state index contributed by atoms with van der Waals surface area (Å²) in [5, 5.41) is 13.5. The molecule has 2 aromatic carbocycles. The van der Waals surface area contributed by atoms with Crippen molar-refractivity contribution < 1.29 is 26.7 Å². The average Bonchev–Trinajstić information content (AvgIpc) is 3.75. The van der Waals surface area contributed by atoms with Crippen LogP contribution in [0.25, 0.3) is 32.1 Å². The Labute approximate surface area is 280 Å². The first kappa shape index (κ1) is 31.5. The Balaban J connectivity index is 1.30. The third-order valence-electron chi connectivity index (χ3n) is 10.3. The van der Waals surface area contributed by atoms with Crippen LogP contribution in [0.3, 0.4) is 0 Å². The molecule has 2 aromatic heterocycles. The standard InChI is InChI=1S/C33H29ClF5N7OS/c34-21-8-19-27(26(39)25(21)18-2-3-22(36)28-24(18)20(11-40)29(41)48-28)42-31(47-15-33-5-1-7-46(33)12-16(35)9-33)43-30(19)45-13-17-4-6-32(14-45,44-17)10-23(37)38/h2-3,8,10,16-17,44H,1,4-7,9,12-15,41H2/t16-,17-,32-,33+/m1/s1. The highest BCUT2D eigenvalue weighted by Crippen LogP contribution is 2.47. The maximum atomic E-state index is 17.0. The molecule has 0 radical (unpaired) electrons. The fraction of sp³-hybridized carbons (Fsp3) is 0.424. The summed E-state index contributed by atoms with van der Waals surface area (Å²) < 4.78 is 79.9. The molecular weight excluding hydrogens is 673 g/mol. The molecule has 3 N–H and O–H groups in total. The van der Waals surface area contributed by atoms with E-state index >= 15 is 4.39 Å². The van der Waals surface area contributed by atoms with Gasteiger partial charge in [-0.25, -0.2) is 13.2 Å². The van der Waals surface area contributed by atoms with Crippen LogP contribution in [-0.2, 0) is 0 Å². The second-order valence-electron chi connectivity index (χ2n) is 13.2. The van der Waals surface area contributed by atoms with E-state index in [-0.39, 0.29) is 78.7 Å². The first-order valence-corrected chi connectivity index (χ1v) is 16.9. The number of hydrogen-bond donors (Lipinski definition) is 2. The van der Waals surface area contributed by atoms with Gasteiger partial charge in [0.1, 0.15) is 41.0 Å². The van der Waals surface area contributed by atoms with E-state index in [0.717, 1.165) is 42.9 Å². The number of aromatic nitrogens is 2. The van der Waals surface area contributed by atoms with Gasteiger partial charge in [0.05, 0.1) is 26.4 Å². The average molecular weight is 702 g/mol. The number of halogens is 6.